The monoisotopic (exact) mass is 158 g/mol. The van der Waals surface area contributed by atoms with Crippen molar-refractivity contribution in [3.63, 3.8) is 0 Å². The van der Waals surface area contributed by atoms with Crippen LogP contribution in [0.2, 0.25) is 0 Å². The topological polar surface area (TPSA) is 49.7 Å². The Morgan fingerprint density at radius 3 is 2.45 bits per heavy atom. The SMILES string of the molecule is CC1CCCCC1OB(O)O. The van der Waals surface area contributed by atoms with E-state index in [1.54, 1.807) is 0 Å². The smallest absolute Gasteiger partial charge is 0.402 e. The summed E-state index contributed by atoms with van der Waals surface area (Å²) >= 11 is 0. The van der Waals surface area contributed by atoms with Crippen LogP contribution in [0.15, 0.2) is 0 Å². The minimum absolute atomic E-state index is 0.0451. The minimum Gasteiger partial charge on any atom is -0.402 e. The second kappa shape index (κ2) is 4.09. The normalized spacial score (nSPS) is 31.9. The van der Waals surface area contributed by atoms with E-state index in [0.29, 0.717) is 5.92 Å². The van der Waals surface area contributed by atoms with Gasteiger partial charge < -0.3 is 14.7 Å². The summed E-state index contributed by atoms with van der Waals surface area (Å²) in [4.78, 5) is 0. The standard InChI is InChI=1S/C7H15BO3/c1-6-4-2-3-5-7(6)11-8(9)10/h6-7,9-10H,2-5H2,1H3. The highest BCUT2D eigenvalue weighted by Crippen LogP contribution is 2.26. The molecule has 4 heteroatoms. The predicted octanol–water partition coefficient (Wildman–Crippen LogP) is 0.551. The summed E-state index contributed by atoms with van der Waals surface area (Å²) < 4.78 is 4.91. The first-order valence-corrected chi connectivity index (χ1v) is 4.21. The Bertz CT molecular complexity index is 118. The molecule has 1 aliphatic carbocycles. The van der Waals surface area contributed by atoms with Crippen LogP contribution in [0, 0.1) is 5.92 Å². The molecular formula is C7H15BO3. The number of rotatable bonds is 2. The van der Waals surface area contributed by atoms with E-state index in [0.717, 1.165) is 19.3 Å². The fourth-order valence-electron chi connectivity index (χ4n) is 1.64. The molecule has 1 fully saturated rings. The third-order valence-electron chi connectivity index (χ3n) is 2.33. The van der Waals surface area contributed by atoms with Crippen molar-refractivity contribution in [1.82, 2.24) is 0 Å². The molecule has 0 heterocycles. The third kappa shape index (κ3) is 2.81. The molecule has 11 heavy (non-hydrogen) atoms. The maximum Gasteiger partial charge on any atom is 0.634 e. The molecule has 0 radical (unpaired) electrons. The van der Waals surface area contributed by atoms with Crippen molar-refractivity contribution in [1.29, 1.82) is 0 Å². The van der Waals surface area contributed by atoms with Gasteiger partial charge in [-0.05, 0) is 18.8 Å². The lowest BCUT2D eigenvalue weighted by molar-refractivity contribution is 0.0531. The molecule has 2 N–H and O–H groups in total. The second-order valence-corrected chi connectivity index (χ2v) is 3.26. The summed E-state index contributed by atoms with van der Waals surface area (Å²) in [6.07, 6.45) is 4.52. The molecule has 0 bridgehead atoms. The van der Waals surface area contributed by atoms with Crippen molar-refractivity contribution in [2.75, 3.05) is 0 Å². The van der Waals surface area contributed by atoms with Crippen molar-refractivity contribution in [3.8, 4) is 0 Å². The van der Waals surface area contributed by atoms with Gasteiger partial charge in [-0.3, -0.25) is 0 Å². The van der Waals surface area contributed by atoms with Crippen molar-refractivity contribution in [2.45, 2.75) is 38.7 Å². The van der Waals surface area contributed by atoms with Crippen molar-refractivity contribution < 1.29 is 14.7 Å². The molecule has 0 saturated heterocycles. The van der Waals surface area contributed by atoms with Crippen molar-refractivity contribution in [2.24, 2.45) is 5.92 Å². The molecule has 64 valence electrons. The van der Waals surface area contributed by atoms with Crippen LogP contribution in [0.25, 0.3) is 0 Å². The van der Waals surface area contributed by atoms with Gasteiger partial charge in [0.15, 0.2) is 0 Å². The maximum atomic E-state index is 8.56. The van der Waals surface area contributed by atoms with Gasteiger partial charge in [-0.15, -0.1) is 0 Å². The van der Waals surface area contributed by atoms with Crippen LogP contribution in [-0.2, 0) is 4.65 Å². The molecule has 0 amide bonds. The van der Waals surface area contributed by atoms with E-state index >= 15 is 0 Å². The highest BCUT2D eigenvalue weighted by atomic mass is 16.6. The zero-order valence-corrected chi connectivity index (χ0v) is 6.86. The second-order valence-electron chi connectivity index (χ2n) is 3.26. The van der Waals surface area contributed by atoms with Gasteiger partial charge in [0, 0.05) is 6.10 Å². The van der Waals surface area contributed by atoms with E-state index < -0.39 is 7.32 Å². The fraction of sp³-hybridized carbons (Fsp3) is 1.00. The molecule has 0 aliphatic heterocycles. The molecule has 1 saturated carbocycles. The van der Waals surface area contributed by atoms with Gasteiger partial charge in [0.25, 0.3) is 0 Å². The van der Waals surface area contributed by atoms with E-state index in [9.17, 15) is 0 Å². The number of hydrogen-bond donors (Lipinski definition) is 2. The van der Waals surface area contributed by atoms with Crippen LogP contribution in [0.4, 0.5) is 0 Å². The molecular weight excluding hydrogens is 143 g/mol. The lowest BCUT2D eigenvalue weighted by Crippen LogP contribution is -2.32. The molecule has 0 aromatic heterocycles. The Morgan fingerprint density at radius 1 is 1.27 bits per heavy atom. The lowest BCUT2D eigenvalue weighted by Gasteiger charge is -2.28. The van der Waals surface area contributed by atoms with Gasteiger partial charge in [0.1, 0.15) is 0 Å². The van der Waals surface area contributed by atoms with E-state index in [2.05, 4.69) is 6.92 Å². The largest absolute Gasteiger partial charge is 0.634 e. The summed E-state index contributed by atoms with van der Waals surface area (Å²) in [5.41, 5.74) is 0. The van der Waals surface area contributed by atoms with E-state index in [1.807, 2.05) is 0 Å². The molecule has 2 unspecified atom stereocenters. The van der Waals surface area contributed by atoms with Crippen LogP contribution in [0.1, 0.15) is 32.6 Å². The summed E-state index contributed by atoms with van der Waals surface area (Å²) in [6.45, 7) is 2.09. The van der Waals surface area contributed by atoms with Crippen molar-refractivity contribution >= 4 is 7.32 Å². The zero-order chi connectivity index (χ0) is 8.27. The summed E-state index contributed by atoms with van der Waals surface area (Å²) in [5.74, 6) is 0.463. The molecule has 2 atom stereocenters. The van der Waals surface area contributed by atoms with Crippen LogP contribution in [0.3, 0.4) is 0 Å². The van der Waals surface area contributed by atoms with Gasteiger partial charge in [-0.1, -0.05) is 19.8 Å². The minimum atomic E-state index is -1.60. The molecule has 0 aromatic carbocycles. The Labute approximate surface area is 67.6 Å². The molecule has 1 rings (SSSR count). The predicted molar refractivity (Wildman–Crippen MR) is 42.7 cm³/mol. The number of hydrogen-bond acceptors (Lipinski definition) is 3. The summed E-state index contributed by atoms with van der Waals surface area (Å²) in [5, 5.41) is 17.1. The van der Waals surface area contributed by atoms with Gasteiger partial charge >= 0.3 is 7.32 Å². The average Bonchev–Trinajstić information content (AvgIpc) is 1.93. The van der Waals surface area contributed by atoms with Gasteiger partial charge in [0.05, 0.1) is 0 Å². The summed E-state index contributed by atoms with van der Waals surface area (Å²) in [7, 11) is -1.60. The van der Waals surface area contributed by atoms with Crippen LogP contribution < -0.4 is 0 Å². The highest BCUT2D eigenvalue weighted by Gasteiger charge is 2.25. The molecule has 0 aromatic rings. The van der Waals surface area contributed by atoms with Crippen LogP contribution >= 0.6 is 0 Å². The Hall–Kier alpha value is -0.0551. The fourth-order valence-corrected chi connectivity index (χ4v) is 1.64. The van der Waals surface area contributed by atoms with E-state index in [1.165, 1.54) is 6.42 Å². The van der Waals surface area contributed by atoms with Crippen molar-refractivity contribution in [3.05, 3.63) is 0 Å². The van der Waals surface area contributed by atoms with Gasteiger partial charge in [0.2, 0.25) is 0 Å². The quantitative estimate of drug-likeness (QED) is 0.577. The first kappa shape index (κ1) is 9.04. The highest BCUT2D eigenvalue weighted by molar-refractivity contribution is 6.32. The van der Waals surface area contributed by atoms with Crippen LogP contribution in [-0.4, -0.2) is 23.5 Å². The Balaban J connectivity index is 2.29. The molecule has 0 spiro atoms. The summed E-state index contributed by atoms with van der Waals surface area (Å²) in [6, 6.07) is 0. The van der Waals surface area contributed by atoms with Crippen LogP contribution in [0.5, 0.6) is 0 Å². The van der Waals surface area contributed by atoms with E-state index in [4.69, 9.17) is 14.7 Å². The first-order chi connectivity index (χ1) is 5.20. The third-order valence-corrected chi connectivity index (χ3v) is 2.33. The molecule has 3 nitrogen and oxygen atoms in total. The maximum absolute atomic E-state index is 8.56. The van der Waals surface area contributed by atoms with E-state index in [-0.39, 0.29) is 6.10 Å². The average molecular weight is 158 g/mol. The lowest BCUT2D eigenvalue weighted by atomic mass is 9.87. The Kier molecular flexibility index (Phi) is 3.36. The molecule has 1 aliphatic rings. The zero-order valence-electron chi connectivity index (χ0n) is 6.86. The van der Waals surface area contributed by atoms with Gasteiger partial charge in [-0.25, -0.2) is 0 Å². The Morgan fingerprint density at radius 2 is 1.91 bits per heavy atom. The van der Waals surface area contributed by atoms with Gasteiger partial charge in [-0.2, -0.15) is 0 Å². The first-order valence-electron chi connectivity index (χ1n) is 4.21.